The van der Waals surface area contributed by atoms with E-state index in [0.29, 0.717) is 6.42 Å². The van der Waals surface area contributed by atoms with Crippen molar-refractivity contribution in [3.63, 3.8) is 0 Å². The zero-order valence-electron chi connectivity index (χ0n) is 11.1. The lowest BCUT2D eigenvalue weighted by Gasteiger charge is -2.04. The number of H-pyrrole nitrogens is 1. The topological polar surface area (TPSA) is 116 Å². The summed E-state index contributed by atoms with van der Waals surface area (Å²) < 4.78 is 31.7. The number of aromatic amines is 1. The lowest BCUT2D eigenvalue weighted by Crippen LogP contribution is -2.32. The van der Waals surface area contributed by atoms with Gasteiger partial charge >= 0.3 is 18.1 Å². The Morgan fingerprint density at radius 3 is 2.27 bits per heavy atom. The summed E-state index contributed by atoms with van der Waals surface area (Å²) in [7, 11) is 0. The fourth-order valence-electron chi connectivity index (χ4n) is 1.62. The lowest BCUT2D eigenvalue weighted by molar-refractivity contribution is -0.192. The molecule has 0 spiro atoms. The van der Waals surface area contributed by atoms with E-state index in [1.807, 2.05) is 30.5 Å². The molecule has 22 heavy (non-hydrogen) atoms. The number of hydrogen-bond donors (Lipinski definition) is 4. The van der Waals surface area contributed by atoms with Gasteiger partial charge in [-0.2, -0.15) is 13.2 Å². The van der Waals surface area contributed by atoms with Crippen LogP contribution in [0, 0.1) is 0 Å². The number of para-hydroxylation sites is 1. The summed E-state index contributed by atoms with van der Waals surface area (Å²) in [5.74, 6) is -3.73. The van der Waals surface area contributed by atoms with Crippen LogP contribution in [0.1, 0.15) is 5.56 Å². The van der Waals surface area contributed by atoms with Gasteiger partial charge in [-0.05, 0) is 11.6 Å². The van der Waals surface area contributed by atoms with Crippen molar-refractivity contribution >= 4 is 22.8 Å². The zero-order valence-corrected chi connectivity index (χ0v) is 11.1. The van der Waals surface area contributed by atoms with Crippen LogP contribution in [0.3, 0.4) is 0 Å². The molecule has 0 aliphatic heterocycles. The molecule has 0 saturated heterocycles. The molecule has 1 atom stereocenters. The van der Waals surface area contributed by atoms with E-state index < -0.39 is 24.2 Å². The van der Waals surface area contributed by atoms with Crippen LogP contribution in [0.15, 0.2) is 30.5 Å². The number of nitrogens with two attached hydrogens (primary N) is 1. The highest BCUT2D eigenvalue weighted by Crippen LogP contribution is 2.18. The number of carbonyl (C=O) groups is 2. The van der Waals surface area contributed by atoms with Gasteiger partial charge in [-0.1, -0.05) is 18.2 Å². The van der Waals surface area contributed by atoms with Gasteiger partial charge in [0.1, 0.15) is 6.04 Å². The molecule has 0 saturated carbocycles. The van der Waals surface area contributed by atoms with Crippen molar-refractivity contribution in [1.29, 1.82) is 0 Å². The van der Waals surface area contributed by atoms with Crippen molar-refractivity contribution in [2.75, 3.05) is 0 Å². The Hall–Kier alpha value is -2.55. The number of nitrogens with one attached hydrogen (secondary N) is 1. The van der Waals surface area contributed by atoms with Gasteiger partial charge < -0.3 is 20.9 Å². The smallest absolute Gasteiger partial charge is 0.480 e. The van der Waals surface area contributed by atoms with Crippen LogP contribution in [0.2, 0.25) is 0 Å². The van der Waals surface area contributed by atoms with Crippen molar-refractivity contribution in [2.24, 2.45) is 5.73 Å². The van der Waals surface area contributed by atoms with E-state index in [-0.39, 0.29) is 0 Å². The SMILES string of the molecule is NC(Cc1c[nH]c2ccccc12)C(=O)O.O=C(O)C(F)(F)F. The average Bonchev–Trinajstić information content (AvgIpc) is 2.82. The first-order valence-electron chi connectivity index (χ1n) is 5.96. The molecule has 120 valence electrons. The molecule has 1 aromatic heterocycles. The maximum absolute atomic E-state index is 10.6. The number of hydrogen-bond acceptors (Lipinski definition) is 3. The van der Waals surface area contributed by atoms with Crippen LogP contribution in [-0.4, -0.2) is 39.4 Å². The van der Waals surface area contributed by atoms with Crippen LogP contribution in [0.4, 0.5) is 13.2 Å². The largest absolute Gasteiger partial charge is 0.490 e. The van der Waals surface area contributed by atoms with Gasteiger partial charge in [0.05, 0.1) is 0 Å². The third-order valence-electron chi connectivity index (χ3n) is 2.67. The summed E-state index contributed by atoms with van der Waals surface area (Å²) in [6, 6.07) is 6.91. The molecule has 0 radical (unpaired) electrons. The third kappa shape index (κ3) is 4.77. The summed E-state index contributed by atoms with van der Waals surface area (Å²) in [4.78, 5) is 22.6. The second-order valence-corrected chi connectivity index (χ2v) is 4.31. The van der Waals surface area contributed by atoms with E-state index in [2.05, 4.69) is 4.98 Å². The Morgan fingerprint density at radius 1 is 1.23 bits per heavy atom. The number of fused-ring (bicyclic) bond motifs is 1. The highest BCUT2D eigenvalue weighted by molar-refractivity contribution is 5.84. The molecule has 0 aliphatic rings. The van der Waals surface area contributed by atoms with Crippen molar-refractivity contribution in [2.45, 2.75) is 18.6 Å². The van der Waals surface area contributed by atoms with Crippen LogP contribution < -0.4 is 5.73 Å². The molecule has 1 heterocycles. The second kappa shape index (κ2) is 6.94. The Kier molecular flexibility index (Phi) is 5.52. The van der Waals surface area contributed by atoms with Crippen LogP contribution >= 0.6 is 0 Å². The Bertz CT molecular complexity index is 667. The number of aliphatic carboxylic acids is 2. The first-order chi connectivity index (χ1) is 10.1. The van der Waals surface area contributed by atoms with Crippen molar-refractivity contribution in [3.05, 3.63) is 36.0 Å². The summed E-state index contributed by atoms with van der Waals surface area (Å²) >= 11 is 0. The average molecular weight is 318 g/mol. The molecule has 2 rings (SSSR count). The maximum atomic E-state index is 10.6. The lowest BCUT2D eigenvalue weighted by atomic mass is 10.1. The van der Waals surface area contributed by atoms with E-state index in [1.165, 1.54) is 0 Å². The van der Waals surface area contributed by atoms with Gasteiger partial charge in [-0.3, -0.25) is 4.79 Å². The molecule has 0 aliphatic carbocycles. The molecule has 5 N–H and O–H groups in total. The number of carboxylic acids is 2. The summed E-state index contributed by atoms with van der Waals surface area (Å²) in [6.07, 6.45) is -2.92. The molecular formula is C13H13F3N2O4. The van der Waals surface area contributed by atoms with E-state index >= 15 is 0 Å². The van der Waals surface area contributed by atoms with Gasteiger partial charge in [-0.15, -0.1) is 0 Å². The predicted molar refractivity (Wildman–Crippen MR) is 71.3 cm³/mol. The fraction of sp³-hybridized carbons (Fsp3) is 0.231. The molecular weight excluding hydrogens is 305 g/mol. The van der Waals surface area contributed by atoms with Crippen molar-refractivity contribution in [1.82, 2.24) is 4.98 Å². The first kappa shape index (κ1) is 17.5. The number of aromatic nitrogens is 1. The van der Waals surface area contributed by atoms with E-state index in [9.17, 15) is 18.0 Å². The first-order valence-corrected chi connectivity index (χ1v) is 5.96. The van der Waals surface area contributed by atoms with Gasteiger partial charge in [0.15, 0.2) is 0 Å². The zero-order chi connectivity index (χ0) is 16.9. The summed E-state index contributed by atoms with van der Waals surface area (Å²) in [5.41, 5.74) is 7.43. The number of rotatable bonds is 3. The van der Waals surface area contributed by atoms with E-state index in [0.717, 1.165) is 16.5 Å². The van der Waals surface area contributed by atoms with Crippen LogP contribution in [0.25, 0.3) is 10.9 Å². The molecule has 1 aromatic carbocycles. The predicted octanol–water partition coefficient (Wildman–Crippen LogP) is 1.76. The highest BCUT2D eigenvalue weighted by atomic mass is 19.4. The molecule has 6 nitrogen and oxygen atoms in total. The monoisotopic (exact) mass is 318 g/mol. The quantitative estimate of drug-likeness (QED) is 0.688. The summed E-state index contributed by atoms with van der Waals surface area (Å²) in [6.45, 7) is 0. The summed E-state index contributed by atoms with van der Waals surface area (Å²) in [5, 5.41) is 16.9. The van der Waals surface area contributed by atoms with Gasteiger partial charge in [0, 0.05) is 23.5 Å². The molecule has 9 heteroatoms. The Balaban J connectivity index is 0.000000295. The Labute approximate surface area is 122 Å². The number of alkyl halides is 3. The van der Waals surface area contributed by atoms with Gasteiger partial charge in [-0.25, -0.2) is 4.79 Å². The number of carboxylic acid groups (broad SMARTS) is 2. The Morgan fingerprint density at radius 2 is 1.77 bits per heavy atom. The minimum absolute atomic E-state index is 0.347. The number of halogens is 3. The van der Waals surface area contributed by atoms with Crippen molar-refractivity contribution < 1.29 is 33.0 Å². The minimum atomic E-state index is -5.08. The van der Waals surface area contributed by atoms with Crippen LogP contribution in [0.5, 0.6) is 0 Å². The molecule has 0 amide bonds. The third-order valence-corrected chi connectivity index (χ3v) is 2.67. The molecule has 0 fully saturated rings. The fourth-order valence-corrected chi connectivity index (χ4v) is 1.62. The normalized spacial score (nSPS) is 12.4. The van der Waals surface area contributed by atoms with Gasteiger partial charge in [0.2, 0.25) is 0 Å². The van der Waals surface area contributed by atoms with E-state index in [1.54, 1.807) is 0 Å². The maximum Gasteiger partial charge on any atom is 0.490 e. The number of benzene rings is 1. The highest BCUT2D eigenvalue weighted by Gasteiger charge is 2.38. The second-order valence-electron chi connectivity index (χ2n) is 4.31. The van der Waals surface area contributed by atoms with Crippen LogP contribution in [-0.2, 0) is 16.0 Å². The molecule has 2 aromatic rings. The standard InChI is InChI=1S/C11H12N2O2.C2HF3O2/c12-9(11(14)15)5-7-6-13-10-4-2-1-3-8(7)10;3-2(4,5)1(6)7/h1-4,6,9,13H,5,12H2,(H,14,15);(H,6,7). The minimum Gasteiger partial charge on any atom is -0.480 e. The van der Waals surface area contributed by atoms with E-state index in [4.69, 9.17) is 20.7 Å². The van der Waals surface area contributed by atoms with Gasteiger partial charge in [0.25, 0.3) is 0 Å². The molecule has 0 bridgehead atoms. The molecule has 1 unspecified atom stereocenters. The van der Waals surface area contributed by atoms with Crippen molar-refractivity contribution in [3.8, 4) is 0 Å².